The minimum atomic E-state index is -0.0311. The third kappa shape index (κ3) is 3.96. The first-order chi connectivity index (χ1) is 13.0. The van der Waals surface area contributed by atoms with E-state index in [4.69, 9.17) is 20.8 Å². The van der Waals surface area contributed by atoms with E-state index in [1.54, 1.807) is 12.3 Å². The molecule has 27 heavy (non-hydrogen) atoms. The molecule has 1 amide bonds. The van der Waals surface area contributed by atoms with Crippen molar-refractivity contribution in [1.82, 2.24) is 9.88 Å². The Morgan fingerprint density at radius 3 is 2.59 bits per heavy atom. The number of fused-ring (bicyclic) bond motifs is 1. The van der Waals surface area contributed by atoms with E-state index in [2.05, 4.69) is 9.88 Å². The van der Waals surface area contributed by atoms with E-state index in [0.29, 0.717) is 35.0 Å². The van der Waals surface area contributed by atoms with E-state index in [1.165, 1.54) is 0 Å². The van der Waals surface area contributed by atoms with E-state index in [9.17, 15) is 4.79 Å². The average Bonchev–Trinajstić information content (AvgIpc) is 3.34. The van der Waals surface area contributed by atoms with E-state index in [1.807, 2.05) is 36.9 Å². The number of anilines is 1. The van der Waals surface area contributed by atoms with Gasteiger partial charge in [-0.1, -0.05) is 11.6 Å². The standard InChI is InChI=1S/C20H24ClN3O3/c1-13(2)26-12-17-4-5-18(27-17)20(25)24-10-14-8-23(9-15(14)11-24)19-6-3-16(21)7-22-19/h3-7,13-15H,8-12H2,1-2H3. The first kappa shape index (κ1) is 18.3. The number of nitrogens with zero attached hydrogens (tertiary/aromatic N) is 3. The Morgan fingerprint density at radius 1 is 1.22 bits per heavy atom. The zero-order valence-electron chi connectivity index (χ0n) is 15.6. The summed E-state index contributed by atoms with van der Waals surface area (Å²) < 4.78 is 11.2. The minimum Gasteiger partial charge on any atom is -0.453 e. The molecule has 2 atom stereocenters. The maximum Gasteiger partial charge on any atom is 0.289 e. The van der Waals surface area contributed by atoms with Gasteiger partial charge in [-0.3, -0.25) is 4.79 Å². The molecule has 6 nitrogen and oxygen atoms in total. The minimum absolute atomic E-state index is 0.0311. The van der Waals surface area contributed by atoms with Crippen molar-refractivity contribution in [2.45, 2.75) is 26.6 Å². The van der Waals surface area contributed by atoms with E-state index in [0.717, 1.165) is 32.0 Å². The summed E-state index contributed by atoms with van der Waals surface area (Å²) in [6, 6.07) is 7.39. The predicted octanol–water partition coefficient (Wildman–Crippen LogP) is 3.46. The van der Waals surface area contributed by atoms with Gasteiger partial charge in [0.25, 0.3) is 5.91 Å². The fourth-order valence-electron chi connectivity index (χ4n) is 3.88. The first-order valence-corrected chi connectivity index (χ1v) is 9.73. The van der Waals surface area contributed by atoms with Gasteiger partial charge < -0.3 is 19.0 Å². The van der Waals surface area contributed by atoms with Gasteiger partial charge in [0.2, 0.25) is 0 Å². The summed E-state index contributed by atoms with van der Waals surface area (Å²) in [4.78, 5) is 21.4. The summed E-state index contributed by atoms with van der Waals surface area (Å²) in [5.74, 6) is 2.93. The third-order valence-corrected chi connectivity index (χ3v) is 5.46. The number of pyridine rings is 1. The lowest BCUT2D eigenvalue weighted by atomic mass is 10.0. The van der Waals surface area contributed by atoms with Crippen molar-refractivity contribution in [3.05, 3.63) is 47.0 Å². The van der Waals surface area contributed by atoms with Crippen LogP contribution >= 0.6 is 11.6 Å². The fraction of sp³-hybridized carbons (Fsp3) is 0.500. The van der Waals surface area contributed by atoms with E-state index >= 15 is 0 Å². The van der Waals surface area contributed by atoms with Crippen LogP contribution in [-0.4, -0.2) is 48.1 Å². The molecule has 2 unspecified atom stereocenters. The van der Waals surface area contributed by atoms with Gasteiger partial charge in [-0.15, -0.1) is 0 Å². The topological polar surface area (TPSA) is 58.8 Å². The maximum atomic E-state index is 12.8. The normalized spacial score (nSPS) is 21.9. The third-order valence-electron chi connectivity index (χ3n) is 5.24. The molecule has 2 saturated heterocycles. The van der Waals surface area contributed by atoms with Crippen LogP contribution in [0.1, 0.15) is 30.2 Å². The quantitative estimate of drug-likeness (QED) is 0.783. The Hall–Kier alpha value is -2.05. The van der Waals surface area contributed by atoms with Crippen LogP contribution in [0.25, 0.3) is 0 Å². The highest BCUT2D eigenvalue weighted by Crippen LogP contribution is 2.34. The molecular weight excluding hydrogens is 366 g/mol. The molecule has 0 aromatic carbocycles. The van der Waals surface area contributed by atoms with Crippen LogP contribution in [0.5, 0.6) is 0 Å². The molecule has 2 aromatic heterocycles. The van der Waals surface area contributed by atoms with Gasteiger partial charge in [-0.25, -0.2) is 4.98 Å². The summed E-state index contributed by atoms with van der Waals surface area (Å²) in [5.41, 5.74) is 0. The van der Waals surface area contributed by atoms with Crippen LogP contribution in [0.3, 0.4) is 0 Å². The molecule has 144 valence electrons. The highest BCUT2D eigenvalue weighted by atomic mass is 35.5. The molecule has 0 N–H and O–H groups in total. The number of amides is 1. The van der Waals surface area contributed by atoms with Crippen LogP contribution in [-0.2, 0) is 11.3 Å². The van der Waals surface area contributed by atoms with Gasteiger partial charge in [0.1, 0.15) is 18.2 Å². The monoisotopic (exact) mass is 389 g/mol. The second-order valence-corrected chi connectivity index (χ2v) is 8.03. The molecule has 0 radical (unpaired) electrons. The van der Waals surface area contributed by atoms with Crippen molar-refractivity contribution in [2.24, 2.45) is 11.8 Å². The molecule has 0 bridgehead atoms. The van der Waals surface area contributed by atoms with Crippen LogP contribution in [0.2, 0.25) is 5.02 Å². The smallest absolute Gasteiger partial charge is 0.289 e. The molecule has 2 fully saturated rings. The summed E-state index contributed by atoms with van der Waals surface area (Å²) in [6.45, 7) is 7.67. The number of likely N-dealkylation sites (tertiary alicyclic amines) is 1. The molecule has 2 aromatic rings. The second-order valence-electron chi connectivity index (χ2n) is 7.60. The first-order valence-electron chi connectivity index (χ1n) is 9.35. The number of carbonyl (C=O) groups excluding carboxylic acids is 1. The van der Waals surface area contributed by atoms with Gasteiger partial charge >= 0.3 is 0 Å². The van der Waals surface area contributed by atoms with Crippen molar-refractivity contribution in [3.8, 4) is 0 Å². The van der Waals surface area contributed by atoms with Gasteiger partial charge in [-0.05, 0) is 38.1 Å². The second kappa shape index (κ2) is 7.52. The average molecular weight is 390 g/mol. The lowest BCUT2D eigenvalue weighted by Gasteiger charge is -2.22. The van der Waals surface area contributed by atoms with Crippen molar-refractivity contribution in [2.75, 3.05) is 31.1 Å². The Balaban J connectivity index is 1.34. The van der Waals surface area contributed by atoms with Crippen molar-refractivity contribution in [1.29, 1.82) is 0 Å². The number of hydrogen-bond donors (Lipinski definition) is 0. The number of halogens is 1. The number of ether oxygens (including phenoxy) is 1. The lowest BCUT2D eigenvalue weighted by molar-refractivity contribution is 0.0525. The van der Waals surface area contributed by atoms with Crippen LogP contribution in [0.15, 0.2) is 34.9 Å². The number of hydrogen-bond acceptors (Lipinski definition) is 5. The summed E-state index contributed by atoms with van der Waals surface area (Å²) in [7, 11) is 0. The number of furan rings is 1. The van der Waals surface area contributed by atoms with E-state index in [-0.39, 0.29) is 12.0 Å². The molecule has 0 spiro atoms. The van der Waals surface area contributed by atoms with Gasteiger partial charge in [0.15, 0.2) is 5.76 Å². The molecule has 0 aliphatic carbocycles. The largest absolute Gasteiger partial charge is 0.453 e. The summed E-state index contributed by atoms with van der Waals surface area (Å²) in [5, 5.41) is 0.645. The highest BCUT2D eigenvalue weighted by Gasteiger charge is 2.42. The van der Waals surface area contributed by atoms with Gasteiger partial charge in [0, 0.05) is 44.2 Å². The maximum absolute atomic E-state index is 12.8. The zero-order valence-corrected chi connectivity index (χ0v) is 16.4. The van der Waals surface area contributed by atoms with E-state index < -0.39 is 0 Å². The summed E-state index contributed by atoms with van der Waals surface area (Å²) in [6.07, 6.45) is 1.81. The highest BCUT2D eigenvalue weighted by molar-refractivity contribution is 6.30. The molecule has 0 saturated carbocycles. The Bertz CT molecular complexity index is 791. The van der Waals surface area contributed by atoms with Gasteiger partial charge in [-0.2, -0.15) is 0 Å². The summed E-state index contributed by atoms with van der Waals surface area (Å²) >= 11 is 5.92. The van der Waals surface area contributed by atoms with Crippen molar-refractivity contribution >= 4 is 23.3 Å². The molecule has 4 heterocycles. The number of aromatic nitrogens is 1. The fourth-order valence-corrected chi connectivity index (χ4v) is 3.99. The molecular formula is C20H24ClN3O3. The molecule has 7 heteroatoms. The predicted molar refractivity (Wildman–Crippen MR) is 103 cm³/mol. The molecule has 2 aliphatic heterocycles. The van der Waals surface area contributed by atoms with Crippen LogP contribution in [0, 0.1) is 11.8 Å². The van der Waals surface area contributed by atoms with Crippen molar-refractivity contribution in [3.63, 3.8) is 0 Å². The molecule has 4 rings (SSSR count). The SMILES string of the molecule is CC(C)OCc1ccc(C(=O)N2CC3CN(c4ccc(Cl)cn4)CC3C2)o1. The number of rotatable bonds is 5. The van der Waals surface area contributed by atoms with Crippen molar-refractivity contribution < 1.29 is 13.9 Å². The lowest BCUT2D eigenvalue weighted by Crippen LogP contribution is -2.33. The molecule has 2 aliphatic rings. The van der Waals surface area contributed by atoms with Crippen LogP contribution < -0.4 is 4.90 Å². The Kier molecular flexibility index (Phi) is 5.10. The van der Waals surface area contributed by atoms with Crippen LogP contribution in [0.4, 0.5) is 5.82 Å². The van der Waals surface area contributed by atoms with Gasteiger partial charge in [0.05, 0.1) is 11.1 Å². The Morgan fingerprint density at radius 2 is 1.96 bits per heavy atom. The number of carbonyl (C=O) groups is 1. The Labute approximate surface area is 164 Å². The zero-order chi connectivity index (χ0) is 19.0.